The minimum Gasteiger partial charge on any atom is -0.310 e. The van der Waals surface area contributed by atoms with Crippen LogP contribution in [0.5, 0.6) is 0 Å². The third-order valence-electron chi connectivity index (χ3n) is 4.30. The molecule has 2 heteroatoms. The van der Waals surface area contributed by atoms with E-state index >= 15 is 0 Å². The Morgan fingerprint density at radius 2 is 2.11 bits per heavy atom. The van der Waals surface area contributed by atoms with E-state index in [-0.39, 0.29) is 5.82 Å². The van der Waals surface area contributed by atoms with Crippen molar-refractivity contribution in [2.24, 2.45) is 11.8 Å². The second-order valence-corrected chi connectivity index (χ2v) is 6.13. The quantitative estimate of drug-likeness (QED) is 0.836. The third-order valence-corrected chi connectivity index (χ3v) is 4.30. The van der Waals surface area contributed by atoms with Crippen molar-refractivity contribution in [1.29, 1.82) is 0 Å². The lowest BCUT2D eigenvalue weighted by molar-refractivity contribution is 0.225. The molecule has 1 saturated carbocycles. The maximum atomic E-state index is 13.6. The monoisotopic (exact) mass is 263 g/mol. The van der Waals surface area contributed by atoms with Gasteiger partial charge in [0, 0.05) is 6.04 Å². The molecule has 1 nitrogen and oxygen atoms in total. The summed E-state index contributed by atoms with van der Waals surface area (Å²) in [5.41, 5.74) is 2.14. The van der Waals surface area contributed by atoms with E-state index in [4.69, 9.17) is 0 Å². The average Bonchev–Trinajstić information content (AvgIpc) is 2.34. The fraction of sp³-hybridized carbons (Fsp3) is 0.647. The van der Waals surface area contributed by atoms with Crippen LogP contribution in [0.2, 0.25) is 0 Å². The molecule has 0 aliphatic heterocycles. The first-order chi connectivity index (χ1) is 9.10. The van der Waals surface area contributed by atoms with Crippen LogP contribution in [-0.2, 0) is 0 Å². The summed E-state index contributed by atoms with van der Waals surface area (Å²) in [7, 11) is 0. The molecule has 0 radical (unpaired) electrons. The van der Waals surface area contributed by atoms with E-state index in [1.54, 1.807) is 12.1 Å². The minimum atomic E-state index is -0.109. The molecule has 1 aromatic carbocycles. The molecule has 0 spiro atoms. The number of aryl methyl sites for hydroxylation is 1. The fourth-order valence-electron chi connectivity index (χ4n) is 3.50. The van der Waals surface area contributed by atoms with Crippen molar-refractivity contribution in [1.82, 2.24) is 5.32 Å². The van der Waals surface area contributed by atoms with Crippen molar-refractivity contribution in [2.75, 3.05) is 6.54 Å². The number of rotatable bonds is 4. The highest BCUT2D eigenvalue weighted by atomic mass is 19.1. The van der Waals surface area contributed by atoms with Gasteiger partial charge in [-0.25, -0.2) is 4.39 Å². The summed E-state index contributed by atoms with van der Waals surface area (Å²) < 4.78 is 13.6. The zero-order chi connectivity index (χ0) is 13.8. The lowest BCUT2D eigenvalue weighted by atomic mass is 9.76. The van der Waals surface area contributed by atoms with Crippen LogP contribution >= 0.6 is 0 Å². The number of nitrogens with one attached hydrogen (secondary N) is 1. The van der Waals surface area contributed by atoms with Crippen molar-refractivity contribution in [3.63, 3.8) is 0 Å². The van der Waals surface area contributed by atoms with Crippen molar-refractivity contribution in [3.8, 4) is 0 Å². The molecule has 3 unspecified atom stereocenters. The number of hydrogen-bond donors (Lipinski definition) is 1. The zero-order valence-corrected chi connectivity index (χ0v) is 12.4. The molecular formula is C17H26FN. The lowest BCUT2D eigenvalue weighted by Gasteiger charge is -2.34. The fourth-order valence-corrected chi connectivity index (χ4v) is 3.50. The van der Waals surface area contributed by atoms with Gasteiger partial charge in [0.15, 0.2) is 0 Å². The summed E-state index contributed by atoms with van der Waals surface area (Å²) in [4.78, 5) is 0. The number of hydrogen-bond acceptors (Lipinski definition) is 1. The van der Waals surface area contributed by atoms with E-state index in [1.165, 1.54) is 25.7 Å². The molecule has 2 rings (SSSR count). The second-order valence-electron chi connectivity index (χ2n) is 6.13. The zero-order valence-electron chi connectivity index (χ0n) is 12.4. The number of benzene rings is 1. The van der Waals surface area contributed by atoms with Gasteiger partial charge in [-0.15, -0.1) is 0 Å². The van der Waals surface area contributed by atoms with Gasteiger partial charge in [0.1, 0.15) is 5.82 Å². The van der Waals surface area contributed by atoms with Gasteiger partial charge in [0.25, 0.3) is 0 Å². The highest BCUT2D eigenvalue weighted by molar-refractivity contribution is 5.27. The van der Waals surface area contributed by atoms with Gasteiger partial charge in [-0.05, 0) is 61.4 Å². The Hall–Kier alpha value is -0.890. The maximum absolute atomic E-state index is 13.6. The van der Waals surface area contributed by atoms with Gasteiger partial charge in [0.05, 0.1) is 0 Å². The minimum absolute atomic E-state index is 0.109. The van der Waals surface area contributed by atoms with Crippen molar-refractivity contribution in [3.05, 3.63) is 35.1 Å². The van der Waals surface area contributed by atoms with E-state index in [9.17, 15) is 4.39 Å². The van der Waals surface area contributed by atoms with E-state index < -0.39 is 0 Å². The third kappa shape index (κ3) is 3.79. The van der Waals surface area contributed by atoms with Crippen molar-refractivity contribution >= 4 is 0 Å². The van der Waals surface area contributed by atoms with Crippen molar-refractivity contribution < 1.29 is 4.39 Å². The molecule has 1 aliphatic rings. The summed E-state index contributed by atoms with van der Waals surface area (Å²) >= 11 is 0. The van der Waals surface area contributed by atoms with E-state index in [0.29, 0.717) is 12.0 Å². The Morgan fingerprint density at radius 1 is 1.32 bits per heavy atom. The van der Waals surface area contributed by atoms with Crippen LogP contribution in [0.4, 0.5) is 4.39 Å². The van der Waals surface area contributed by atoms with E-state index in [1.807, 2.05) is 6.92 Å². The van der Waals surface area contributed by atoms with Gasteiger partial charge in [-0.3, -0.25) is 0 Å². The molecule has 1 N–H and O–H groups in total. The summed E-state index contributed by atoms with van der Waals surface area (Å²) in [5, 5.41) is 3.58. The summed E-state index contributed by atoms with van der Waals surface area (Å²) in [6, 6.07) is 5.76. The van der Waals surface area contributed by atoms with Crippen LogP contribution < -0.4 is 5.32 Å². The molecule has 0 heterocycles. The first-order valence-corrected chi connectivity index (χ1v) is 7.60. The summed E-state index contributed by atoms with van der Waals surface area (Å²) in [6.45, 7) is 7.38. The highest BCUT2D eigenvalue weighted by Crippen LogP contribution is 2.37. The van der Waals surface area contributed by atoms with Gasteiger partial charge in [0.2, 0.25) is 0 Å². The van der Waals surface area contributed by atoms with Gasteiger partial charge in [-0.2, -0.15) is 0 Å². The van der Waals surface area contributed by atoms with Crippen LogP contribution in [-0.4, -0.2) is 6.54 Å². The topological polar surface area (TPSA) is 12.0 Å². The van der Waals surface area contributed by atoms with Crippen LogP contribution in [0.15, 0.2) is 18.2 Å². The predicted molar refractivity (Wildman–Crippen MR) is 78.7 cm³/mol. The normalized spacial score (nSPS) is 25.3. The molecule has 1 aromatic rings. The second kappa shape index (κ2) is 6.51. The molecule has 106 valence electrons. The average molecular weight is 263 g/mol. The van der Waals surface area contributed by atoms with Gasteiger partial charge in [-0.1, -0.05) is 32.8 Å². The van der Waals surface area contributed by atoms with Crippen LogP contribution in [0.1, 0.15) is 56.7 Å². The SMILES string of the molecule is CCNC(c1cc(C)cc(F)c1)C1CCCC(C)C1. The molecule has 19 heavy (non-hydrogen) atoms. The molecular weight excluding hydrogens is 237 g/mol. The first kappa shape index (κ1) is 14.5. The molecule has 0 saturated heterocycles. The Kier molecular flexibility index (Phi) is 4.98. The lowest BCUT2D eigenvalue weighted by Crippen LogP contribution is -2.31. The Bertz CT molecular complexity index is 395. The molecule has 3 atom stereocenters. The molecule has 1 aliphatic carbocycles. The Balaban J connectivity index is 2.22. The maximum Gasteiger partial charge on any atom is 0.123 e. The van der Waals surface area contributed by atoms with Gasteiger partial charge < -0.3 is 5.32 Å². The first-order valence-electron chi connectivity index (χ1n) is 7.60. The van der Waals surface area contributed by atoms with Gasteiger partial charge >= 0.3 is 0 Å². The predicted octanol–water partition coefficient (Wildman–Crippen LogP) is 4.61. The Labute approximate surface area is 116 Å². The Morgan fingerprint density at radius 3 is 2.74 bits per heavy atom. The molecule has 0 aromatic heterocycles. The van der Waals surface area contributed by atoms with Crippen LogP contribution in [0.25, 0.3) is 0 Å². The molecule has 0 bridgehead atoms. The van der Waals surface area contributed by atoms with Crippen LogP contribution in [0.3, 0.4) is 0 Å². The highest BCUT2D eigenvalue weighted by Gasteiger charge is 2.27. The van der Waals surface area contributed by atoms with Crippen LogP contribution in [0, 0.1) is 24.6 Å². The van der Waals surface area contributed by atoms with E-state index in [0.717, 1.165) is 23.6 Å². The van der Waals surface area contributed by atoms with E-state index in [2.05, 4.69) is 25.2 Å². The molecule has 0 amide bonds. The smallest absolute Gasteiger partial charge is 0.123 e. The number of halogens is 1. The summed E-state index contributed by atoms with van der Waals surface area (Å²) in [6.07, 6.45) is 5.17. The molecule has 1 fully saturated rings. The van der Waals surface area contributed by atoms with Crippen molar-refractivity contribution in [2.45, 2.75) is 52.5 Å². The largest absolute Gasteiger partial charge is 0.310 e. The standard InChI is InChI=1S/C17H26FN/c1-4-19-17(14-7-5-6-12(2)8-14)15-9-13(3)10-16(18)11-15/h9-12,14,17,19H,4-8H2,1-3H3. The summed E-state index contributed by atoms with van der Waals surface area (Å²) in [5.74, 6) is 1.33.